The summed E-state index contributed by atoms with van der Waals surface area (Å²) in [6.45, 7) is 0.493. The maximum atomic E-state index is 13.7. The first-order valence-corrected chi connectivity index (χ1v) is 6.05. The third-order valence-electron chi connectivity index (χ3n) is 2.20. The lowest BCUT2D eigenvalue weighted by Crippen LogP contribution is -2.04. The van der Waals surface area contributed by atoms with Crippen LogP contribution >= 0.6 is 11.8 Å². The Balaban J connectivity index is 2.31. The van der Waals surface area contributed by atoms with Crippen molar-refractivity contribution in [3.63, 3.8) is 0 Å². The molecule has 0 spiro atoms. The Kier molecular flexibility index (Phi) is 4.06. The minimum atomic E-state index is -0.256. The summed E-state index contributed by atoms with van der Waals surface area (Å²) in [5.41, 5.74) is 6.40. The largest absolute Gasteiger partial charge is 0.330 e. The summed E-state index contributed by atoms with van der Waals surface area (Å²) in [6.07, 6.45) is 3.92. The van der Waals surface area contributed by atoms with Crippen LogP contribution in [0, 0.1) is 5.82 Å². The van der Waals surface area contributed by atoms with Crippen molar-refractivity contribution in [2.24, 2.45) is 5.73 Å². The minimum Gasteiger partial charge on any atom is -0.330 e. The average molecular weight is 249 g/mol. The molecule has 0 aliphatic heterocycles. The molecule has 0 atom stereocenters. The van der Waals surface area contributed by atoms with Gasteiger partial charge in [0, 0.05) is 12.4 Å². The van der Waals surface area contributed by atoms with Crippen LogP contribution in [0.15, 0.2) is 46.7 Å². The molecular formula is C12H12FN3S. The third-order valence-corrected chi connectivity index (χ3v) is 3.25. The van der Waals surface area contributed by atoms with Crippen LogP contribution in [-0.4, -0.2) is 16.5 Å². The number of halogens is 1. The second-order valence-electron chi connectivity index (χ2n) is 3.40. The molecule has 88 valence electrons. The first-order chi connectivity index (χ1) is 8.31. The van der Waals surface area contributed by atoms with Crippen molar-refractivity contribution in [2.75, 3.05) is 6.54 Å². The number of rotatable bonds is 4. The van der Waals surface area contributed by atoms with E-state index in [1.54, 1.807) is 24.5 Å². The van der Waals surface area contributed by atoms with Gasteiger partial charge in [0.15, 0.2) is 5.16 Å². The third kappa shape index (κ3) is 3.01. The lowest BCUT2D eigenvalue weighted by molar-refractivity contribution is 0.596. The standard InChI is InChI=1S/C12H12FN3S/c13-10-4-1-3-9(5-6-14)11(10)17-12-15-7-2-8-16-12/h1-4,7-8H,5-6,14H2. The van der Waals surface area contributed by atoms with Crippen LogP contribution < -0.4 is 5.73 Å². The van der Waals surface area contributed by atoms with Crippen LogP contribution in [0.2, 0.25) is 0 Å². The van der Waals surface area contributed by atoms with Gasteiger partial charge in [-0.3, -0.25) is 0 Å². The SMILES string of the molecule is NCCc1cccc(F)c1Sc1ncccn1. The van der Waals surface area contributed by atoms with Crippen molar-refractivity contribution in [2.45, 2.75) is 16.5 Å². The molecule has 0 amide bonds. The average Bonchev–Trinajstić information content (AvgIpc) is 2.35. The Morgan fingerprint density at radius 2 is 1.94 bits per heavy atom. The van der Waals surface area contributed by atoms with Crippen molar-refractivity contribution in [3.05, 3.63) is 48.0 Å². The molecule has 3 nitrogen and oxygen atoms in total. The lowest BCUT2D eigenvalue weighted by Gasteiger charge is -2.08. The Labute approximate surface area is 103 Å². The fourth-order valence-electron chi connectivity index (χ4n) is 1.45. The molecule has 0 fully saturated rings. The summed E-state index contributed by atoms with van der Waals surface area (Å²) in [5, 5.41) is 0.538. The number of aromatic nitrogens is 2. The minimum absolute atomic E-state index is 0.256. The van der Waals surface area contributed by atoms with Crippen LogP contribution in [0.3, 0.4) is 0 Å². The predicted molar refractivity (Wildman–Crippen MR) is 65.3 cm³/mol. The summed E-state index contributed by atoms with van der Waals surface area (Å²) in [6, 6.07) is 6.73. The number of hydrogen-bond acceptors (Lipinski definition) is 4. The van der Waals surface area contributed by atoms with E-state index in [1.807, 2.05) is 6.07 Å². The van der Waals surface area contributed by atoms with Gasteiger partial charge in [0.25, 0.3) is 0 Å². The van der Waals surface area contributed by atoms with E-state index in [0.717, 1.165) is 5.56 Å². The Morgan fingerprint density at radius 3 is 2.65 bits per heavy atom. The number of nitrogens with two attached hydrogens (primary N) is 1. The van der Waals surface area contributed by atoms with Gasteiger partial charge in [-0.15, -0.1) is 0 Å². The molecule has 0 bridgehead atoms. The molecule has 1 aromatic heterocycles. The molecule has 0 aliphatic carbocycles. The highest BCUT2D eigenvalue weighted by molar-refractivity contribution is 7.99. The van der Waals surface area contributed by atoms with Gasteiger partial charge in [-0.05, 0) is 42.4 Å². The zero-order valence-electron chi connectivity index (χ0n) is 9.14. The van der Waals surface area contributed by atoms with Crippen LogP contribution in [0.25, 0.3) is 0 Å². The zero-order chi connectivity index (χ0) is 12.1. The van der Waals surface area contributed by atoms with Gasteiger partial charge in [0.1, 0.15) is 5.82 Å². The first kappa shape index (κ1) is 12.0. The molecule has 17 heavy (non-hydrogen) atoms. The number of benzene rings is 1. The Hall–Kier alpha value is -1.46. The van der Waals surface area contributed by atoms with Gasteiger partial charge < -0.3 is 5.73 Å². The van der Waals surface area contributed by atoms with Crippen LogP contribution in [-0.2, 0) is 6.42 Å². The molecule has 0 radical (unpaired) electrons. The van der Waals surface area contributed by atoms with Crippen molar-refractivity contribution in [1.29, 1.82) is 0 Å². The van der Waals surface area contributed by atoms with E-state index in [1.165, 1.54) is 17.8 Å². The molecule has 5 heteroatoms. The Bertz CT molecular complexity index is 490. The van der Waals surface area contributed by atoms with E-state index in [9.17, 15) is 4.39 Å². The van der Waals surface area contributed by atoms with Crippen molar-refractivity contribution < 1.29 is 4.39 Å². The molecule has 2 rings (SSSR count). The van der Waals surface area contributed by atoms with Crippen molar-refractivity contribution in [3.8, 4) is 0 Å². The molecule has 1 aromatic carbocycles. The van der Waals surface area contributed by atoms with Crippen LogP contribution in [0.5, 0.6) is 0 Å². The highest BCUT2D eigenvalue weighted by atomic mass is 32.2. The normalized spacial score (nSPS) is 10.5. The molecule has 0 aliphatic rings. The molecule has 2 N–H and O–H groups in total. The highest BCUT2D eigenvalue weighted by Crippen LogP contribution is 2.30. The second kappa shape index (κ2) is 5.75. The van der Waals surface area contributed by atoms with Gasteiger partial charge in [-0.25, -0.2) is 14.4 Å². The maximum absolute atomic E-state index is 13.7. The molecule has 1 heterocycles. The summed E-state index contributed by atoms with van der Waals surface area (Å²) in [4.78, 5) is 8.70. The van der Waals surface area contributed by atoms with E-state index in [-0.39, 0.29) is 5.82 Å². The monoisotopic (exact) mass is 249 g/mol. The topological polar surface area (TPSA) is 51.8 Å². The Morgan fingerprint density at radius 1 is 1.18 bits per heavy atom. The van der Waals surface area contributed by atoms with Crippen molar-refractivity contribution in [1.82, 2.24) is 9.97 Å². The van der Waals surface area contributed by atoms with E-state index in [2.05, 4.69) is 9.97 Å². The van der Waals surface area contributed by atoms with E-state index >= 15 is 0 Å². The summed E-state index contributed by atoms with van der Waals surface area (Å²) in [5.74, 6) is -0.256. The van der Waals surface area contributed by atoms with E-state index < -0.39 is 0 Å². The lowest BCUT2D eigenvalue weighted by atomic mass is 10.1. The second-order valence-corrected chi connectivity index (χ2v) is 4.38. The fraction of sp³-hybridized carbons (Fsp3) is 0.167. The zero-order valence-corrected chi connectivity index (χ0v) is 9.95. The smallest absolute Gasteiger partial charge is 0.192 e. The molecular weight excluding hydrogens is 237 g/mol. The fourth-order valence-corrected chi connectivity index (χ4v) is 2.33. The van der Waals surface area contributed by atoms with E-state index in [4.69, 9.17) is 5.73 Å². The highest BCUT2D eigenvalue weighted by Gasteiger charge is 2.10. The summed E-state index contributed by atoms with van der Waals surface area (Å²) in [7, 11) is 0. The summed E-state index contributed by atoms with van der Waals surface area (Å²) < 4.78 is 13.7. The predicted octanol–water partition coefficient (Wildman–Crippen LogP) is 2.27. The molecule has 0 saturated carbocycles. The summed E-state index contributed by atoms with van der Waals surface area (Å²) >= 11 is 1.23. The van der Waals surface area contributed by atoms with Crippen LogP contribution in [0.1, 0.15) is 5.56 Å². The van der Waals surface area contributed by atoms with Crippen LogP contribution in [0.4, 0.5) is 4.39 Å². The number of nitrogens with zero attached hydrogens (tertiary/aromatic N) is 2. The van der Waals surface area contributed by atoms with E-state index in [0.29, 0.717) is 23.0 Å². The first-order valence-electron chi connectivity index (χ1n) is 5.23. The number of hydrogen-bond donors (Lipinski definition) is 1. The van der Waals surface area contributed by atoms with Gasteiger partial charge in [0.05, 0.1) is 4.90 Å². The molecule has 0 unspecified atom stereocenters. The maximum Gasteiger partial charge on any atom is 0.192 e. The quantitative estimate of drug-likeness (QED) is 0.844. The van der Waals surface area contributed by atoms with Gasteiger partial charge in [-0.2, -0.15) is 0 Å². The van der Waals surface area contributed by atoms with Gasteiger partial charge in [-0.1, -0.05) is 12.1 Å². The molecule has 0 saturated heterocycles. The van der Waals surface area contributed by atoms with Crippen molar-refractivity contribution >= 4 is 11.8 Å². The molecule has 2 aromatic rings. The van der Waals surface area contributed by atoms with Gasteiger partial charge in [0.2, 0.25) is 0 Å². The van der Waals surface area contributed by atoms with Gasteiger partial charge >= 0.3 is 0 Å².